The number of aromatic nitrogens is 1. The maximum Gasteiger partial charge on any atom is 0.0750 e. The molecule has 0 bridgehead atoms. The zero-order valence-corrected chi connectivity index (χ0v) is 10.7. The zero-order valence-electron chi connectivity index (χ0n) is 10.7. The molecule has 0 fully saturated rings. The van der Waals surface area contributed by atoms with Gasteiger partial charge in [-0.25, -0.2) is 0 Å². The molecule has 3 heteroatoms. The minimum absolute atomic E-state index is 0.111. The lowest BCUT2D eigenvalue weighted by atomic mass is 10.0. The fraction of sp³-hybridized carbons (Fsp3) is 0.267. The Kier molecular flexibility index (Phi) is 4.07. The molecule has 1 aromatic carbocycles. The highest BCUT2D eigenvalue weighted by molar-refractivity contribution is 5.82. The minimum Gasteiger partial charge on any atom is -0.329 e. The average molecular weight is 241 g/mol. The van der Waals surface area contributed by atoms with Crippen LogP contribution in [-0.2, 0) is 0 Å². The molecule has 0 spiro atoms. The van der Waals surface area contributed by atoms with Crippen LogP contribution in [0.5, 0.6) is 0 Å². The SMILES string of the molecule is C=C(C)CNC(CN)c1cccc2cccnc12. The largest absolute Gasteiger partial charge is 0.329 e. The van der Waals surface area contributed by atoms with Gasteiger partial charge < -0.3 is 11.1 Å². The highest BCUT2D eigenvalue weighted by Gasteiger charge is 2.12. The van der Waals surface area contributed by atoms with Crippen LogP contribution < -0.4 is 11.1 Å². The second kappa shape index (κ2) is 5.76. The highest BCUT2D eigenvalue weighted by Crippen LogP contribution is 2.21. The molecule has 0 saturated carbocycles. The van der Waals surface area contributed by atoms with Gasteiger partial charge >= 0.3 is 0 Å². The number of para-hydroxylation sites is 1. The number of hydrogen-bond donors (Lipinski definition) is 2. The summed E-state index contributed by atoms with van der Waals surface area (Å²) in [5.74, 6) is 0. The van der Waals surface area contributed by atoms with Crippen LogP contribution in [0, 0.1) is 0 Å². The van der Waals surface area contributed by atoms with Crippen molar-refractivity contribution in [2.45, 2.75) is 13.0 Å². The molecule has 0 aliphatic rings. The van der Waals surface area contributed by atoms with E-state index in [-0.39, 0.29) is 6.04 Å². The van der Waals surface area contributed by atoms with Gasteiger partial charge in [0.2, 0.25) is 0 Å². The fourth-order valence-electron chi connectivity index (χ4n) is 2.03. The molecule has 2 rings (SSSR count). The van der Waals surface area contributed by atoms with Crippen LogP contribution in [0.15, 0.2) is 48.7 Å². The van der Waals surface area contributed by atoms with Crippen molar-refractivity contribution in [3.05, 3.63) is 54.2 Å². The Morgan fingerprint density at radius 1 is 1.39 bits per heavy atom. The number of nitrogens with two attached hydrogens (primary N) is 1. The maximum absolute atomic E-state index is 5.86. The first-order chi connectivity index (χ1) is 8.72. The molecular weight excluding hydrogens is 222 g/mol. The van der Waals surface area contributed by atoms with Gasteiger partial charge in [-0.1, -0.05) is 36.4 Å². The summed E-state index contributed by atoms with van der Waals surface area (Å²) in [6.07, 6.45) is 1.82. The number of hydrogen-bond acceptors (Lipinski definition) is 3. The van der Waals surface area contributed by atoms with Crippen LogP contribution >= 0.6 is 0 Å². The maximum atomic E-state index is 5.86. The first kappa shape index (κ1) is 12.7. The van der Waals surface area contributed by atoms with Gasteiger partial charge in [0.1, 0.15) is 0 Å². The molecule has 1 heterocycles. The number of pyridine rings is 1. The summed E-state index contributed by atoms with van der Waals surface area (Å²) >= 11 is 0. The van der Waals surface area contributed by atoms with E-state index in [1.54, 1.807) is 0 Å². The van der Waals surface area contributed by atoms with Gasteiger partial charge in [0.15, 0.2) is 0 Å². The predicted octanol–water partition coefficient (Wildman–Crippen LogP) is 2.40. The summed E-state index contributed by atoms with van der Waals surface area (Å²) in [6.45, 7) is 7.21. The topological polar surface area (TPSA) is 50.9 Å². The molecule has 2 aromatic rings. The van der Waals surface area contributed by atoms with Crippen molar-refractivity contribution in [2.75, 3.05) is 13.1 Å². The van der Waals surface area contributed by atoms with E-state index in [2.05, 4.69) is 35.1 Å². The summed E-state index contributed by atoms with van der Waals surface area (Å²) in [5.41, 5.74) is 9.13. The van der Waals surface area contributed by atoms with E-state index < -0.39 is 0 Å². The molecule has 1 unspecified atom stereocenters. The van der Waals surface area contributed by atoms with E-state index in [1.165, 1.54) is 0 Å². The van der Waals surface area contributed by atoms with Gasteiger partial charge in [0.05, 0.1) is 5.52 Å². The van der Waals surface area contributed by atoms with Crippen molar-refractivity contribution < 1.29 is 0 Å². The number of nitrogens with zero attached hydrogens (tertiary/aromatic N) is 1. The van der Waals surface area contributed by atoms with Crippen molar-refractivity contribution in [1.29, 1.82) is 0 Å². The third-order valence-electron chi connectivity index (χ3n) is 2.93. The van der Waals surface area contributed by atoms with Crippen LogP contribution in [0.2, 0.25) is 0 Å². The summed E-state index contributed by atoms with van der Waals surface area (Å²) in [4.78, 5) is 4.46. The molecule has 0 aliphatic carbocycles. The van der Waals surface area contributed by atoms with Gasteiger partial charge in [-0.05, 0) is 18.6 Å². The molecule has 3 N–H and O–H groups in total. The Morgan fingerprint density at radius 2 is 2.17 bits per heavy atom. The van der Waals surface area contributed by atoms with Gasteiger partial charge in [0.25, 0.3) is 0 Å². The molecule has 0 aliphatic heterocycles. The van der Waals surface area contributed by atoms with Crippen LogP contribution in [0.1, 0.15) is 18.5 Å². The first-order valence-electron chi connectivity index (χ1n) is 6.14. The number of benzene rings is 1. The Bertz CT molecular complexity index is 543. The number of rotatable bonds is 5. The van der Waals surface area contributed by atoms with E-state index in [1.807, 2.05) is 25.3 Å². The van der Waals surface area contributed by atoms with Gasteiger partial charge in [-0.2, -0.15) is 0 Å². The predicted molar refractivity (Wildman–Crippen MR) is 76.4 cm³/mol. The molecular formula is C15H19N3. The van der Waals surface area contributed by atoms with Crippen molar-refractivity contribution in [1.82, 2.24) is 10.3 Å². The summed E-state index contributed by atoms with van der Waals surface area (Å²) in [6, 6.07) is 10.3. The molecule has 18 heavy (non-hydrogen) atoms. The lowest BCUT2D eigenvalue weighted by molar-refractivity contribution is 0.572. The van der Waals surface area contributed by atoms with E-state index in [9.17, 15) is 0 Å². The minimum atomic E-state index is 0.111. The number of fused-ring (bicyclic) bond motifs is 1. The Labute approximate surface area is 108 Å². The molecule has 0 saturated heterocycles. The van der Waals surface area contributed by atoms with Crippen molar-refractivity contribution in [3.63, 3.8) is 0 Å². The normalized spacial score (nSPS) is 12.6. The fourth-order valence-corrected chi connectivity index (χ4v) is 2.03. The van der Waals surface area contributed by atoms with Gasteiger partial charge in [-0.15, -0.1) is 0 Å². The molecule has 94 valence electrons. The first-order valence-corrected chi connectivity index (χ1v) is 6.14. The lowest BCUT2D eigenvalue weighted by Crippen LogP contribution is -2.29. The lowest BCUT2D eigenvalue weighted by Gasteiger charge is -2.18. The quantitative estimate of drug-likeness (QED) is 0.790. The van der Waals surface area contributed by atoms with Gasteiger partial charge in [-0.3, -0.25) is 4.98 Å². The van der Waals surface area contributed by atoms with E-state index in [4.69, 9.17) is 5.73 Å². The van der Waals surface area contributed by atoms with E-state index >= 15 is 0 Å². The average Bonchev–Trinajstić information content (AvgIpc) is 2.39. The van der Waals surface area contributed by atoms with Crippen molar-refractivity contribution in [3.8, 4) is 0 Å². The second-order valence-corrected chi connectivity index (χ2v) is 4.55. The smallest absolute Gasteiger partial charge is 0.0750 e. The standard InChI is InChI=1S/C15H19N3/c1-11(2)10-18-14(9-16)13-7-3-5-12-6-4-8-17-15(12)13/h3-8,14,18H,1,9-10,16H2,2H3. The molecule has 1 atom stereocenters. The van der Waals surface area contributed by atoms with Crippen LogP contribution in [0.3, 0.4) is 0 Å². The Hall–Kier alpha value is -1.71. The highest BCUT2D eigenvalue weighted by atomic mass is 14.9. The summed E-state index contributed by atoms with van der Waals surface area (Å²) < 4.78 is 0. The van der Waals surface area contributed by atoms with E-state index in [0.717, 1.165) is 28.6 Å². The third-order valence-corrected chi connectivity index (χ3v) is 2.93. The van der Waals surface area contributed by atoms with Gasteiger partial charge in [0, 0.05) is 30.7 Å². The van der Waals surface area contributed by atoms with Crippen LogP contribution in [-0.4, -0.2) is 18.1 Å². The summed E-state index contributed by atoms with van der Waals surface area (Å²) in [7, 11) is 0. The second-order valence-electron chi connectivity index (χ2n) is 4.55. The third kappa shape index (κ3) is 2.75. The molecule has 0 amide bonds. The van der Waals surface area contributed by atoms with Crippen LogP contribution in [0.4, 0.5) is 0 Å². The zero-order chi connectivity index (χ0) is 13.0. The van der Waals surface area contributed by atoms with E-state index in [0.29, 0.717) is 6.54 Å². The molecule has 0 radical (unpaired) electrons. The Balaban J connectivity index is 2.35. The molecule has 1 aromatic heterocycles. The summed E-state index contributed by atoms with van der Waals surface area (Å²) in [5, 5.41) is 4.56. The monoisotopic (exact) mass is 241 g/mol. The number of nitrogens with one attached hydrogen (secondary N) is 1. The van der Waals surface area contributed by atoms with Crippen molar-refractivity contribution >= 4 is 10.9 Å². The molecule has 3 nitrogen and oxygen atoms in total. The Morgan fingerprint density at radius 3 is 2.89 bits per heavy atom. The van der Waals surface area contributed by atoms with Crippen molar-refractivity contribution in [2.24, 2.45) is 5.73 Å². The van der Waals surface area contributed by atoms with Crippen LogP contribution in [0.25, 0.3) is 10.9 Å².